The largest absolute Gasteiger partial charge is 0.844 e. The molecule has 0 atom stereocenters. The average Bonchev–Trinajstić information content (AvgIpc) is 1.62. The average molecular weight is 138 g/mol. The molecule has 0 N–H and O–H groups in total. The van der Waals surface area contributed by atoms with E-state index in [9.17, 15) is 18.2 Å². The highest BCUT2D eigenvalue weighted by Gasteiger charge is 2.30. The summed E-state index contributed by atoms with van der Waals surface area (Å²) in [5.41, 5.74) is 0. The fourth-order valence-electron chi connectivity index (χ4n) is 0.148. The summed E-state index contributed by atoms with van der Waals surface area (Å²) in [4.78, 5) is 0. The first-order chi connectivity index (χ1) is 3.95. The molecule has 0 fully saturated rings. The molecule has 0 aliphatic rings. The van der Waals surface area contributed by atoms with Crippen LogP contribution in [-0.2, 0) is 4.65 Å². The summed E-state index contributed by atoms with van der Waals surface area (Å²) in [6.07, 6.45) is -5.01. The lowest BCUT2D eigenvalue weighted by molar-refractivity contribution is -0.321. The Morgan fingerprint density at radius 3 is 2.11 bits per heavy atom. The lowest BCUT2D eigenvalue weighted by atomic mass is 9.96. The van der Waals surface area contributed by atoms with Crippen LogP contribution < -0.4 is 5.02 Å². The van der Waals surface area contributed by atoms with Gasteiger partial charge in [0.15, 0.2) is 0 Å². The maximum atomic E-state index is 10.9. The van der Waals surface area contributed by atoms with Crippen molar-refractivity contribution in [2.75, 3.05) is 0 Å². The van der Waals surface area contributed by atoms with Crippen LogP contribution in [0.1, 0.15) is 0 Å². The van der Waals surface area contributed by atoms with Gasteiger partial charge in [-0.2, -0.15) is 0 Å². The molecule has 3 nitrogen and oxygen atoms in total. The summed E-state index contributed by atoms with van der Waals surface area (Å²) < 4.78 is 35.4. The number of halogens is 3. The van der Waals surface area contributed by atoms with Crippen LogP contribution in [0.25, 0.3) is 0 Å². The molecule has 0 radical (unpaired) electrons. The Morgan fingerprint density at radius 1 is 1.56 bits per heavy atom. The second-order valence-corrected chi connectivity index (χ2v) is 1.02. The monoisotopic (exact) mass is 138 g/mol. The quantitative estimate of drug-likeness (QED) is 0.456. The first-order valence-electron chi connectivity index (χ1n) is 1.75. The van der Waals surface area contributed by atoms with E-state index >= 15 is 0 Å². The summed E-state index contributed by atoms with van der Waals surface area (Å²) in [5.74, 6) is 0.724. The molecule has 0 saturated heterocycles. The van der Waals surface area contributed by atoms with Crippen molar-refractivity contribution in [3.63, 3.8) is 0 Å². The minimum atomic E-state index is -5.01. The van der Waals surface area contributed by atoms with E-state index in [0.29, 0.717) is 0 Å². The van der Waals surface area contributed by atoms with Crippen LogP contribution in [0.2, 0.25) is 0 Å². The molecule has 0 aromatic rings. The zero-order valence-electron chi connectivity index (χ0n) is 3.97. The summed E-state index contributed by atoms with van der Waals surface area (Å²) in [6, 6.07) is 0. The first kappa shape index (κ1) is 8.26. The van der Waals surface area contributed by atoms with E-state index in [-0.39, 0.29) is 0 Å². The highest BCUT2D eigenvalue weighted by molar-refractivity contribution is 6.50. The van der Waals surface area contributed by atoms with E-state index in [0.717, 1.165) is 5.97 Å². The van der Waals surface area contributed by atoms with Gasteiger partial charge in [-0.25, -0.2) is 5.26 Å². The number of rotatable bonds is 1. The summed E-state index contributed by atoms with van der Waals surface area (Å²) in [7, 11) is -2.68. The van der Waals surface area contributed by atoms with Crippen LogP contribution in [0.15, 0.2) is 0 Å². The molecule has 0 aliphatic carbocycles. The number of alkyl halides is 3. The van der Waals surface area contributed by atoms with Gasteiger partial charge in [0.05, 0.1) is 0 Å². The highest BCUT2D eigenvalue weighted by atomic mass is 19.4. The summed E-state index contributed by atoms with van der Waals surface area (Å²) >= 11 is 0. The highest BCUT2D eigenvalue weighted by Crippen LogP contribution is 2.15. The molecule has 7 heteroatoms. The predicted octanol–water partition coefficient (Wildman–Crippen LogP) is -0.566. The smallest absolute Gasteiger partial charge is 0.508 e. The van der Waals surface area contributed by atoms with Crippen molar-refractivity contribution in [3.05, 3.63) is 0 Å². The second kappa shape index (κ2) is 2.71. The van der Waals surface area contributed by atoms with Gasteiger partial charge in [0, 0.05) is 5.97 Å². The van der Waals surface area contributed by atoms with Crippen molar-refractivity contribution in [2.45, 2.75) is 6.36 Å². The van der Waals surface area contributed by atoms with Crippen molar-refractivity contribution in [3.8, 4) is 5.97 Å². The Hall–Kier alpha value is -0.735. The molecule has 0 bridgehead atoms. The topological polar surface area (TPSA) is 56.1 Å². The van der Waals surface area contributed by atoms with Gasteiger partial charge in [-0.15, -0.1) is 13.2 Å². The van der Waals surface area contributed by atoms with Gasteiger partial charge >= 0.3 is 13.5 Å². The van der Waals surface area contributed by atoms with Gasteiger partial charge in [0.1, 0.15) is 0 Å². The fourth-order valence-corrected chi connectivity index (χ4v) is 0.148. The third kappa shape index (κ3) is 5.13. The van der Waals surface area contributed by atoms with Crippen LogP contribution >= 0.6 is 0 Å². The Bertz CT molecular complexity index is 129. The van der Waals surface area contributed by atoms with Gasteiger partial charge in [-0.3, -0.25) is 0 Å². The maximum absolute atomic E-state index is 10.9. The van der Waals surface area contributed by atoms with Crippen LogP contribution in [0.4, 0.5) is 13.2 Å². The van der Waals surface area contributed by atoms with Crippen molar-refractivity contribution < 1.29 is 22.8 Å². The van der Waals surface area contributed by atoms with Crippen LogP contribution in [0, 0.1) is 11.2 Å². The molecule has 0 aromatic carbocycles. The maximum Gasteiger partial charge on any atom is 0.508 e. The molecule has 0 spiro atoms. The van der Waals surface area contributed by atoms with Gasteiger partial charge in [-0.1, -0.05) is 0 Å². The molecule has 0 unspecified atom stereocenters. The molecular weight excluding hydrogens is 138 g/mol. The molecule has 0 aliphatic heterocycles. The van der Waals surface area contributed by atoms with E-state index in [2.05, 4.69) is 4.65 Å². The minimum absolute atomic E-state index is 0.724. The normalized spacial score (nSPS) is 10.6. The van der Waals surface area contributed by atoms with Crippen LogP contribution in [-0.4, -0.2) is 13.5 Å². The predicted molar refractivity (Wildman–Crippen MR) is 18.5 cm³/mol. The second-order valence-electron chi connectivity index (χ2n) is 1.02. The number of hydrogen-bond donors (Lipinski definition) is 0. The van der Waals surface area contributed by atoms with Crippen LogP contribution in [0.5, 0.6) is 0 Å². The van der Waals surface area contributed by atoms with E-state index in [1.807, 2.05) is 0 Å². The van der Waals surface area contributed by atoms with E-state index in [1.54, 1.807) is 0 Å². The van der Waals surface area contributed by atoms with Gasteiger partial charge in [0.25, 0.3) is 0 Å². The van der Waals surface area contributed by atoms with E-state index < -0.39 is 13.5 Å². The SMILES string of the molecule is N#CB([O-])OC(F)(F)F. The molecule has 0 saturated carbocycles. The van der Waals surface area contributed by atoms with E-state index in [1.165, 1.54) is 0 Å². The Balaban J connectivity index is 3.63. The Kier molecular flexibility index (Phi) is 2.49. The van der Waals surface area contributed by atoms with E-state index in [4.69, 9.17) is 5.26 Å². The van der Waals surface area contributed by atoms with Gasteiger partial charge in [-0.05, 0) is 0 Å². The zero-order chi connectivity index (χ0) is 7.49. The fraction of sp³-hybridized carbons (Fsp3) is 0.500. The van der Waals surface area contributed by atoms with Gasteiger partial charge in [0.2, 0.25) is 0 Å². The zero-order valence-corrected chi connectivity index (χ0v) is 3.97. The summed E-state index contributed by atoms with van der Waals surface area (Å²) in [6.45, 7) is 0. The van der Waals surface area contributed by atoms with Crippen molar-refractivity contribution in [1.82, 2.24) is 0 Å². The number of nitrogens with zero attached hydrogens (tertiary/aromatic N) is 1. The Labute approximate surface area is 48.8 Å². The van der Waals surface area contributed by atoms with Crippen molar-refractivity contribution in [1.29, 1.82) is 5.26 Å². The van der Waals surface area contributed by atoms with Crippen molar-refractivity contribution >= 4 is 7.12 Å². The van der Waals surface area contributed by atoms with Crippen LogP contribution in [0.3, 0.4) is 0 Å². The van der Waals surface area contributed by atoms with Crippen molar-refractivity contribution in [2.24, 2.45) is 0 Å². The molecular formula is C2BF3NO2-. The molecule has 0 heterocycles. The molecule has 0 aromatic heterocycles. The number of hydrogen-bond acceptors (Lipinski definition) is 3. The molecule has 0 amide bonds. The minimum Gasteiger partial charge on any atom is -0.844 e. The number of nitriles is 1. The van der Waals surface area contributed by atoms with Gasteiger partial charge < -0.3 is 9.68 Å². The summed E-state index contributed by atoms with van der Waals surface area (Å²) in [5, 5.41) is 17.1. The standard InChI is InChI=1S/C2BF3NO2/c4-2(5,6)9-3(8)1-7/q-1. The first-order valence-corrected chi connectivity index (χ1v) is 1.75. The third-order valence-electron chi connectivity index (χ3n) is 0.346. The lowest BCUT2D eigenvalue weighted by Gasteiger charge is -2.12. The third-order valence-corrected chi connectivity index (χ3v) is 0.346. The molecule has 50 valence electrons. The Morgan fingerprint density at radius 2 is 2.00 bits per heavy atom. The molecule has 9 heavy (non-hydrogen) atoms. The lowest BCUT2D eigenvalue weighted by Crippen LogP contribution is -2.38. The molecule has 0 rings (SSSR count).